The molecule has 1 rings (SSSR count). The lowest BCUT2D eigenvalue weighted by Crippen LogP contribution is -2.33. The lowest BCUT2D eigenvalue weighted by molar-refractivity contribution is 0.181. The average Bonchev–Trinajstić information content (AvgIpc) is 2.27. The van der Waals surface area contributed by atoms with Crippen LogP contribution >= 0.6 is 0 Å². The highest BCUT2D eigenvalue weighted by molar-refractivity contribution is 5.55. The zero-order chi connectivity index (χ0) is 13.0. The van der Waals surface area contributed by atoms with Crippen molar-refractivity contribution >= 4 is 5.69 Å². The van der Waals surface area contributed by atoms with Crippen LogP contribution in [0.2, 0.25) is 0 Å². The number of aliphatic hydroxyl groups is 1. The molecule has 3 nitrogen and oxygen atoms in total. The zero-order valence-electron chi connectivity index (χ0n) is 10.8. The van der Waals surface area contributed by atoms with E-state index in [-0.39, 0.29) is 11.9 Å². The van der Waals surface area contributed by atoms with Crippen LogP contribution in [-0.4, -0.2) is 31.9 Å². The first-order valence-electron chi connectivity index (χ1n) is 5.67. The molecule has 0 bridgehead atoms. The maximum atomic E-state index is 13.7. The van der Waals surface area contributed by atoms with Crippen molar-refractivity contribution in [1.29, 1.82) is 0 Å². The average molecular weight is 241 g/mol. The molecular formula is C13H20FNO2. The molecule has 1 aromatic rings. The van der Waals surface area contributed by atoms with Gasteiger partial charge in [0, 0.05) is 31.5 Å². The minimum absolute atomic E-state index is 0.110. The minimum atomic E-state index is -0.830. The highest BCUT2D eigenvalue weighted by atomic mass is 19.1. The number of benzene rings is 1. The van der Waals surface area contributed by atoms with Crippen molar-refractivity contribution in [2.45, 2.75) is 26.0 Å². The van der Waals surface area contributed by atoms with Crippen molar-refractivity contribution in [2.75, 3.05) is 25.7 Å². The number of hydrogen-bond acceptors (Lipinski definition) is 3. The molecule has 0 aromatic heterocycles. The lowest BCUT2D eigenvalue weighted by Gasteiger charge is -2.29. The predicted molar refractivity (Wildman–Crippen MR) is 66.8 cm³/mol. The Morgan fingerprint density at radius 2 is 2.06 bits per heavy atom. The summed E-state index contributed by atoms with van der Waals surface area (Å²) in [5.74, 6) is -0.381. The second kappa shape index (κ2) is 5.98. The third-order valence-corrected chi connectivity index (χ3v) is 2.90. The second-order valence-electron chi connectivity index (χ2n) is 4.26. The summed E-state index contributed by atoms with van der Waals surface area (Å²) < 4.78 is 18.8. The van der Waals surface area contributed by atoms with E-state index in [1.54, 1.807) is 26.2 Å². The Kier molecular flexibility index (Phi) is 4.90. The van der Waals surface area contributed by atoms with Gasteiger partial charge in [-0.15, -0.1) is 0 Å². The Morgan fingerprint density at radius 3 is 2.59 bits per heavy atom. The monoisotopic (exact) mass is 241 g/mol. The Balaban J connectivity index is 3.08. The van der Waals surface area contributed by atoms with E-state index in [0.29, 0.717) is 17.9 Å². The molecule has 0 aliphatic rings. The summed E-state index contributed by atoms with van der Waals surface area (Å²) in [5, 5.41) is 9.65. The molecule has 17 heavy (non-hydrogen) atoms. The van der Waals surface area contributed by atoms with Gasteiger partial charge in [-0.2, -0.15) is 0 Å². The van der Waals surface area contributed by atoms with Gasteiger partial charge >= 0.3 is 0 Å². The van der Waals surface area contributed by atoms with Crippen LogP contribution in [0.5, 0.6) is 0 Å². The normalized spacial score (nSPS) is 14.5. The van der Waals surface area contributed by atoms with Crippen LogP contribution in [-0.2, 0) is 4.74 Å². The summed E-state index contributed by atoms with van der Waals surface area (Å²) >= 11 is 0. The fourth-order valence-electron chi connectivity index (χ4n) is 1.84. The van der Waals surface area contributed by atoms with Gasteiger partial charge in [0.15, 0.2) is 0 Å². The molecule has 1 N–H and O–H groups in total. The Hall–Kier alpha value is -1.13. The Bertz CT molecular complexity index is 368. The molecule has 0 aliphatic carbocycles. The number of halogens is 1. The summed E-state index contributed by atoms with van der Waals surface area (Å²) in [6.07, 6.45) is -0.830. The molecule has 0 saturated heterocycles. The predicted octanol–water partition coefficient (Wildman–Crippen LogP) is 2.35. The van der Waals surface area contributed by atoms with Crippen LogP contribution in [0.15, 0.2) is 18.2 Å². The number of nitrogens with zero attached hydrogens (tertiary/aromatic N) is 1. The number of methoxy groups -OCH3 is 1. The molecule has 0 aliphatic heterocycles. The third kappa shape index (κ3) is 3.17. The first-order chi connectivity index (χ1) is 7.99. The topological polar surface area (TPSA) is 32.7 Å². The van der Waals surface area contributed by atoms with E-state index in [2.05, 4.69) is 0 Å². The van der Waals surface area contributed by atoms with Gasteiger partial charge < -0.3 is 14.7 Å². The van der Waals surface area contributed by atoms with Gasteiger partial charge in [0.05, 0.1) is 12.7 Å². The van der Waals surface area contributed by atoms with Crippen molar-refractivity contribution in [1.82, 2.24) is 0 Å². The van der Waals surface area contributed by atoms with Crippen LogP contribution in [0.3, 0.4) is 0 Å². The van der Waals surface area contributed by atoms with Gasteiger partial charge in [-0.05, 0) is 26.0 Å². The Labute approximate surface area is 102 Å². The zero-order valence-corrected chi connectivity index (χ0v) is 10.8. The molecule has 0 radical (unpaired) electrons. The number of hydrogen-bond donors (Lipinski definition) is 1. The number of rotatable bonds is 5. The van der Waals surface area contributed by atoms with Crippen LogP contribution in [0.1, 0.15) is 25.5 Å². The second-order valence-corrected chi connectivity index (χ2v) is 4.26. The highest BCUT2D eigenvalue weighted by Gasteiger charge is 2.19. The van der Waals surface area contributed by atoms with Crippen LogP contribution in [0, 0.1) is 5.82 Å². The van der Waals surface area contributed by atoms with Gasteiger partial charge in [0.25, 0.3) is 0 Å². The van der Waals surface area contributed by atoms with Crippen molar-refractivity contribution in [3.05, 3.63) is 29.6 Å². The van der Waals surface area contributed by atoms with Gasteiger partial charge in [-0.3, -0.25) is 0 Å². The van der Waals surface area contributed by atoms with Crippen LogP contribution in [0.4, 0.5) is 10.1 Å². The summed E-state index contributed by atoms with van der Waals surface area (Å²) in [4.78, 5) is 1.91. The van der Waals surface area contributed by atoms with Crippen LogP contribution < -0.4 is 4.90 Å². The van der Waals surface area contributed by atoms with E-state index in [4.69, 9.17) is 4.74 Å². The van der Waals surface area contributed by atoms with Gasteiger partial charge in [-0.1, -0.05) is 6.07 Å². The van der Waals surface area contributed by atoms with Gasteiger partial charge in [0.1, 0.15) is 5.82 Å². The molecule has 0 saturated carbocycles. The fourth-order valence-corrected chi connectivity index (χ4v) is 1.84. The molecule has 96 valence electrons. The molecular weight excluding hydrogens is 221 g/mol. The quantitative estimate of drug-likeness (QED) is 0.859. The number of anilines is 1. The SMILES string of the molecule is COCC(C)N(C)c1cccc(F)c1C(C)O. The van der Waals surface area contributed by atoms with Crippen molar-refractivity contribution in [2.24, 2.45) is 0 Å². The summed E-state index contributed by atoms with van der Waals surface area (Å²) in [5.41, 5.74) is 1.03. The van der Waals surface area contributed by atoms with E-state index < -0.39 is 6.10 Å². The largest absolute Gasteiger partial charge is 0.389 e. The molecule has 0 fully saturated rings. The Morgan fingerprint density at radius 1 is 1.41 bits per heavy atom. The molecule has 0 heterocycles. The minimum Gasteiger partial charge on any atom is -0.389 e. The van der Waals surface area contributed by atoms with Gasteiger partial charge in [-0.25, -0.2) is 4.39 Å². The third-order valence-electron chi connectivity index (χ3n) is 2.90. The molecule has 0 spiro atoms. The maximum absolute atomic E-state index is 13.7. The first kappa shape index (κ1) is 13.9. The molecule has 1 aromatic carbocycles. The molecule has 0 amide bonds. The van der Waals surface area contributed by atoms with Gasteiger partial charge in [0.2, 0.25) is 0 Å². The number of aliphatic hydroxyl groups excluding tert-OH is 1. The summed E-state index contributed by atoms with van der Waals surface area (Å²) in [6.45, 7) is 4.10. The highest BCUT2D eigenvalue weighted by Crippen LogP contribution is 2.29. The number of likely N-dealkylation sites (N-methyl/N-ethyl adjacent to an activating group) is 1. The fraction of sp³-hybridized carbons (Fsp3) is 0.538. The molecule has 2 unspecified atom stereocenters. The van der Waals surface area contributed by atoms with Crippen molar-refractivity contribution < 1.29 is 14.2 Å². The summed E-state index contributed by atoms with van der Waals surface area (Å²) in [7, 11) is 3.50. The van der Waals surface area contributed by atoms with E-state index in [9.17, 15) is 9.50 Å². The van der Waals surface area contributed by atoms with Crippen molar-refractivity contribution in [3.8, 4) is 0 Å². The van der Waals surface area contributed by atoms with E-state index in [1.807, 2.05) is 18.9 Å². The van der Waals surface area contributed by atoms with Crippen LogP contribution in [0.25, 0.3) is 0 Å². The number of ether oxygens (including phenoxy) is 1. The standard InChI is InChI=1S/C13H20FNO2/c1-9(8-17-4)15(3)12-7-5-6-11(14)13(12)10(2)16/h5-7,9-10,16H,8H2,1-4H3. The first-order valence-corrected chi connectivity index (χ1v) is 5.67. The lowest BCUT2D eigenvalue weighted by atomic mass is 10.1. The van der Waals surface area contributed by atoms with Crippen molar-refractivity contribution in [3.63, 3.8) is 0 Å². The van der Waals surface area contributed by atoms with E-state index in [1.165, 1.54) is 6.07 Å². The van der Waals surface area contributed by atoms with E-state index in [0.717, 1.165) is 0 Å². The maximum Gasteiger partial charge on any atom is 0.131 e. The van der Waals surface area contributed by atoms with E-state index >= 15 is 0 Å². The summed E-state index contributed by atoms with van der Waals surface area (Å²) in [6, 6.07) is 4.92. The molecule has 2 atom stereocenters. The molecule has 4 heteroatoms. The smallest absolute Gasteiger partial charge is 0.131 e.